The topological polar surface area (TPSA) is 75.8 Å². The van der Waals surface area contributed by atoms with Gasteiger partial charge in [0.15, 0.2) is 0 Å². The van der Waals surface area contributed by atoms with E-state index in [0.29, 0.717) is 6.61 Å². The van der Waals surface area contributed by atoms with Crippen LogP contribution in [0.4, 0.5) is 5.69 Å². The van der Waals surface area contributed by atoms with Gasteiger partial charge >= 0.3 is 5.97 Å². The molecule has 0 saturated carbocycles. The van der Waals surface area contributed by atoms with Crippen LogP contribution in [-0.2, 0) is 16.1 Å². The van der Waals surface area contributed by atoms with E-state index in [9.17, 15) is 4.79 Å². The fourth-order valence-corrected chi connectivity index (χ4v) is 1.27. The predicted molar refractivity (Wildman–Crippen MR) is 66.0 cm³/mol. The van der Waals surface area contributed by atoms with Crippen LogP contribution in [-0.4, -0.2) is 37.8 Å². The molecule has 0 aliphatic carbocycles. The Kier molecular flexibility index (Phi) is 4.93. The quantitative estimate of drug-likeness (QED) is 0.762. The number of hydrogen-bond donors (Lipinski definition) is 2. The molecule has 0 heterocycles. The van der Waals surface area contributed by atoms with E-state index in [-0.39, 0.29) is 6.61 Å². The molecule has 0 unspecified atom stereocenters. The van der Waals surface area contributed by atoms with Gasteiger partial charge in [-0.25, -0.2) is 0 Å². The number of aliphatic carboxylic acids is 1. The molecule has 0 aromatic heterocycles. The van der Waals surface area contributed by atoms with E-state index in [4.69, 9.17) is 15.6 Å². The third kappa shape index (κ3) is 4.42. The third-order valence-corrected chi connectivity index (χ3v) is 2.34. The number of nitrogens with zero attached hydrogens (tertiary/aromatic N) is 1. The van der Waals surface area contributed by atoms with Gasteiger partial charge in [-0.05, 0) is 17.7 Å². The van der Waals surface area contributed by atoms with Crippen LogP contribution in [0.25, 0.3) is 0 Å². The Morgan fingerprint density at radius 1 is 1.41 bits per heavy atom. The average molecular weight is 238 g/mol. The number of carboxylic acids is 1. The molecule has 0 fully saturated rings. The summed E-state index contributed by atoms with van der Waals surface area (Å²) in [5.41, 5.74) is 7.41. The highest BCUT2D eigenvalue weighted by Crippen LogP contribution is 2.12. The van der Waals surface area contributed by atoms with Crippen molar-refractivity contribution < 1.29 is 14.6 Å². The van der Waals surface area contributed by atoms with Crippen molar-refractivity contribution in [1.29, 1.82) is 0 Å². The van der Waals surface area contributed by atoms with E-state index in [1.165, 1.54) is 0 Å². The van der Waals surface area contributed by atoms with Crippen LogP contribution in [0.5, 0.6) is 0 Å². The first-order valence-corrected chi connectivity index (χ1v) is 5.33. The molecule has 3 N–H and O–H groups in total. The highest BCUT2D eigenvalue weighted by Gasteiger charge is 2.10. The summed E-state index contributed by atoms with van der Waals surface area (Å²) in [6, 6.07) is 6.89. The average Bonchev–Trinajstić information content (AvgIpc) is 2.29. The minimum atomic E-state index is -1.05. The first-order chi connectivity index (χ1) is 8.00. The number of nitrogens with two attached hydrogens (primary N) is 1. The van der Waals surface area contributed by atoms with Gasteiger partial charge in [0.2, 0.25) is 0 Å². The predicted octanol–water partition coefficient (Wildman–Crippen LogP) is 0.681. The van der Waals surface area contributed by atoms with Crippen molar-refractivity contribution in [3.8, 4) is 0 Å². The van der Waals surface area contributed by atoms with E-state index in [0.717, 1.165) is 11.3 Å². The molecule has 1 atom stereocenters. The molecular weight excluding hydrogens is 220 g/mol. The monoisotopic (exact) mass is 238 g/mol. The van der Waals surface area contributed by atoms with Crippen molar-refractivity contribution in [1.82, 2.24) is 0 Å². The molecule has 0 bridgehead atoms. The van der Waals surface area contributed by atoms with Crippen LogP contribution in [0.2, 0.25) is 0 Å². The lowest BCUT2D eigenvalue weighted by molar-refractivity contribution is -0.140. The zero-order valence-electron chi connectivity index (χ0n) is 10.1. The van der Waals surface area contributed by atoms with Gasteiger partial charge in [-0.2, -0.15) is 0 Å². The van der Waals surface area contributed by atoms with Crippen LogP contribution in [0, 0.1) is 0 Å². The van der Waals surface area contributed by atoms with Gasteiger partial charge in [0.05, 0.1) is 13.2 Å². The molecule has 0 aliphatic heterocycles. The molecule has 1 aromatic rings. The summed E-state index contributed by atoms with van der Waals surface area (Å²) in [4.78, 5) is 12.5. The highest BCUT2D eigenvalue weighted by molar-refractivity contribution is 5.73. The Bertz CT molecular complexity index is 363. The summed E-state index contributed by atoms with van der Waals surface area (Å²) in [5.74, 6) is -1.05. The second-order valence-corrected chi connectivity index (χ2v) is 4.02. The first kappa shape index (κ1) is 13.5. The Morgan fingerprint density at radius 2 is 2.00 bits per heavy atom. The third-order valence-electron chi connectivity index (χ3n) is 2.34. The van der Waals surface area contributed by atoms with Crippen molar-refractivity contribution in [3.63, 3.8) is 0 Å². The van der Waals surface area contributed by atoms with E-state index in [1.54, 1.807) is 0 Å². The zero-order chi connectivity index (χ0) is 12.8. The van der Waals surface area contributed by atoms with E-state index < -0.39 is 12.0 Å². The largest absolute Gasteiger partial charge is 0.480 e. The molecule has 94 valence electrons. The number of hydrogen-bond acceptors (Lipinski definition) is 4. The highest BCUT2D eigenvalue weighted by atomic mass is 16.5. The Morgan fingerprint density at radius 3 is 2.47 bits per heavy atom. The van der Waals surface area contributed by atoms with Gasteiger partial charge in [-0.1, -0.05) is 12.1 Å². The van der Waals surface area contributed by atoms with Gasteiger partial charge in [0, 0.05) is 19.8 Å². The van der Waals surface area contributed by atoms with Crippen LogP contribution in [0.1, 0.15) is 5.56 Å². The molecule has 5 heteroatoms. The SMILES string of the molecule is CN(C)c1ccc(COC[C@H](N)C(=O)O)cc1. The first-order valence-electron chi connectivity index (χ1n) is 5.33. The van der Waals surface area contributed by atoms with Crippen LogP contribution in [0.3, 0.4) is 0 Å². The number of rotatable bonds is 6. The number of carboxylic acid groups (broad SMARTS) is 1. The number of benzene rings is 1. The fraction of sp³-hybridized carbons (Fsp3) is 0.417. The molecule has 0 aliphatic rings. The molecule has 1 aromatic carbocycles. The second kappa shape index (κ2) is 6.22. The maximum atomic E-state index is 10.5. The normalized spacial score (nSPS) is 12.2. The van der Waals surface area contributed by atoms with Crippen molar-refractivity contribution >= 4 is 11.7 Å². The van der Waals surface area contributed by atoms with Gasteiger partial charge in [0.1, 0.15) is 6.04 Å². The van der Waals surface area contributed by atoms with Crippen molar-refractivity contribution in [3.05, 3.63) is 29.8 Å². The Hall–Kier alpha value is -1.59. The Balaban J connectivity index is 2.40. The number of anilines is 1. The van der Waals surface area contributed by atoms with E-state index in [1.807, 2.05) is 43.3 Å². The molecule has 0 spiro atoms. The van der Waals surface area contributed by atoms with Crippen LogP contribution in [0.15, 0.2) is 24.3 Å². The van der Waals surface area contributed by atoms with Crippen molar-refractivity contribution in [2.24, 2.45) is 5.73 Å². The molecular formula is C12H18N2O3. The summed E-state index contributed by atoms with van der Waals surface area (Å²) in [5, 5.41) is 8.57. The zero-order valence-corrected chi connectivity index (χ0v) is 10.1. The summed E-state index contributed by atoms with van der Waals surface area (Å²) < 4.78 is 5.22. The Labute approximate surface area is 101 Å². The van der Waals surface area contributed by atoms with Gasteiger partial charge in [0.25, 0.3) is 0 Å². The lowest BCUT2D eigenvalue weighted by Crippen LogP contribution is -2.34. The smallest absolute Gasteiger partial charge is 0.322 e. The maximum absolute atomic E-state index is 10.5. The number of ether oxygens (including phenoxy) is 1. The molecule has 0 amide bonds. The van der Waals surface area contributed by atoms with Gasteiger partial charge in [-0.3, -0.25) is 4.79 Å². The second-order valence-electron chi connectivity index (χ2n) is 4.02. The maximum Gasteiger partial charge on any atom is 0.322 e. The minimum absolute atomic E-state index is 0.0186. The number of carbonyl (C=O) groups is 1. The fourth-order valence-electron chi connectivity index (χ4n) is 1.27. The van der Waals surface area contributed by atoms with E-state index >= 15 is 0 Å². The molecule has 5 nitrogen and oxygen atoms in total. The summed E-state index contributed by atoms with van der Waals surface area (Å²) in [6.07, 6.45) is 0. The van der Waals surface area contributed by atoms with Gasteiger partial charge < -0.3 is 20.5 Å². The summed E-state index contributed by atoms with van der Waals surface area (Å²) >= 11 is 0. The summed E-state index contributed by atoms with van der Waals surface area (Å²) in [6.45, 7) is 0.388. The molecule has 1 rings (SSSR count). The molecule has 17 heavy (non-hydrogen) atoms. The van der Waals surface area contributed by atoms with E-state index in [2.05, 4.69) is 0 Å². The molecule has 0 saturated heterocycles. The standard InChI is InChI=1S/C12H18N2O3/c1-14(2)10-5-3-9(4-6-10)7-17-8-11(13)12(15)16/h3-6,11H,7-8,13H2,1-2H3,(H,15,16)/t11-/m0/s1. The van der Waals surface area contributed by atoms with Crippen molar-refractivity contribution in [2.45, 2.75) is 12.6 Å². The van der Waals surface area contributed by atoms with Crippen LogP contribution >= 0.6 is 0 Å². The molecule has 0 radical (unpaired) electrons. The summed E-state index contributed by atoms with van der Waals surface area (Å²) in [7, 11) is 3.94. The lowest BCUT2D eigenvalue weighted by Gasteiger charge is -2.13. The van der Waals surface area contributed by atoms with Gasteiger partial charge in [-0.15, -0.1) is 0 Å². The minimum Gasteiger partial charge on any atom is -0.480 e. The lowest BCUT2D eigenvalue weighted by atomic mass is 10.2. The van der Waals surface area contributed by atoms with Crippen LogP contribution < -0.4 is 10.6 Å². The van der Waals surface area contributed by atoms with Crippen molar-refractivity contribution in [2.75, 3.05) is 25.6 Å².